The van der Waals surface area contributed by atoms with Crippen LogP contribution in [0.2, 0.25) is 0 Å². The van der Waals surface area contributed by atoms with Crippen LogP contribution in [-0.4, -0.2) is 82.2 Å². The molecule has 2 aliphatic heterocycles. The highest BCUT2D eigenvalue weighted by molar-refractivity contribution is 5.78. The molecule has 11 nitrogen and oxygen atoms in total. The van der Waals surface area contributed by atoms with E-state index in [1.54, 1.807) is 0 Å². The van der Waals surface area contributed by atoms with Crippen molar-refractivity contribution in [2.24, 2.45) is 12.1 Å². The van der Waals surface area contributed by atoms with Gasteiger partial charge >= 0.3 is 11.9 Å². The fourth-order valence-corrected chi connectivity index (χ4v) is 2.59. The van der Waals surface area contributed by atoms with E-state index in [0.717, 1.165) is 19.3 Å². The maximum absolute atomic E-state index is 11.9. The van der Waals surface area contributed by atoms with Gasteiger partial charge in [0.05, 0.1) is 26.8 Å². The van der Waals surface area contributed by atoms with Gasteiger partial charge < -0.3 is 19.6 Å². The van der Waals surface area contributed by atoms with Crippen LogP contribution in [0.5, 0.6) is 0 Å². The van der Waals surface area contributed by atoms with Crippen LogP contribution in [0, 0.1) is 10.1 Å². The molecule has 1 aromatic rings. The lowest BCUT2D eigenvalue weighted by Crippen LogP contribution is -2.41. The minimum atomic E-state index is -0.535. The van der Waals surface area contributed by atoms with Gasteiger partial charge in [0, 0.05) is 19.6 Å². The molecule has 1 atom stereocenters. The first-order valence-corrected chi connectivity index (χ1v) is 7.53. The maximum atomic E-state index is 11.9. The summed E-state index contributed by atoms with van der Waals surface area (Å²) >= 11 is 0. The van der Waals surface area contributed by atoms with Gasteiger partial charge in [0.15, 0.2) is 0 Å². The van der Waals surface area contributed by atoms with Gasteiger partial charge in [0.25, 0.3) is 0 Å². The first-order valence-electron chi connectivity index (χ1n) is 7.53. The van der Waals surface area contributed by atoms with E-state index in [9.17, 15) is 14.9 Å². The highest BCUT2D eigenvalue weighted by Gasteiger charge is 2.33. The van der Waals surface area contributed by atoms with Gasteiger partial charge in [-0.3, -0.25) is 4.90 Å². The van der Waals surface area contributed by atoms with Crippen LogP contribution in [0.4, 0.5) is 10.6 Å². The van der Waals surface area contributed by atoms with Gasteiger partial charge in [-0.1, -0.05) is 0 Å². The molecule has 0 aliphatic carbocycles. The van der Waals surface area contributed by atoms with E-state index < -0.39 is 11.0 Å². The van der Waals surface area contributed by atoms with Crippen LogP contribution in [0.15, 0.2) is 11.3 Å². The zero-order chi connectivity index (χ0) is 17.1. The number of nitrogens with zero attached hydrogens (tertiary/aromatic N) is 6. The maximum Gasteiger partial charge on any atom is 0.430 e. The molecule has 0 N–H and O–H groups in total. The number of hydrogen-bond donors (Lipinski definition) is 0. The Morgan fingerprint density at radius 3 is 2.92 bits per heavy atom. The van der Waals surface area contributed by atoms with E-state index in [-0.39, 0.29) is 17.7 Å². The van der Waals surface area contributed by atoms with Crippen LogP contribution >= 0.6 is 0 Å². The first kappa shape index (κ1) is 16.3. The number of hydrazone groups is 1. The standard InChI is InChI=1S/C13H18N6O5/c1-16-11(14-7-12(16)19(21)22)6-15-18-9-10(24-13(18)20)8-17-2-4-23-5-3-17/h6-7,10H,2-5,8-9H2,1H3/b15-6+/t10-/m0/s1. The van der Waals surface area contributed by atoms with Gasteiger partial charge in [-0.15, -0.1) is 0 Å². The molecule has 1 aromatic heterocycles. The SMILES string of the molecule is Cn1c([N+](=O)[O-])cnc1/C=N/N1C[C@H](CN2CCOCC2)OC1=O. The summed E-state index contributed by atoms with van der Waals surface area (Å²) in [5.41, 5.74) is 0. The van der Waals surface area contributed by atoms with Crippen LogP contribution in [0.1, 0.15) is 5.82 Å². The molecule has 2 fully saturated rings. The summed E-state index contributed by atoms with van der Waals surface area (Å²) in [4.78, 5) is 28.2. The molecule has 0 aromatic carbocycles. The van der Waals surface area contributed by atoms with E-state index in [1.807, 2.05) is 0 Å². The minimum absolute atomic E-state index is 0.148. The van der Waals surface area contributed by atoms with E-state index in [4.69, 9.17) is 9.47 Å². The van der Waals surface area contributed by atoms with E-state index >= 15 is 0 Å². The molecule has 0 spiro atoms. The first-order chi connectivity index (χ1) is 11.5. The largest absolute Gasteiger partial charge is 0.441 e. The average Bonchev–Trinajstić information content (AvgIpc) is 3.09. The third kappa shape index (κ3) is 3.51. The zero-order valence-electron chi connectivity index (χ0n) is 13.2. The van der Waals surface area contributed by atoms with Crippen molar-refractivity contribution in [2.45, 2.75) is 6.10 Å². The summed E-state index contributed by atoms with van der Waals surface area (Å²) in [6.07, 6.45) is 1.66. The highest BCUT2D eigenvalue weighted by atomic mass is 16.6. The Kier molecular flexibility index (Phi) is 4.71. The van der Waals surface area contributed by atoms with Crippen molar-refractivity contribution < 1.29 is 19.2 Å². The third-order valence-corrected chi connectivity index (χ3v) is 3.92. The molecular formula is C13H18N6O5. The second-order valence-corrected chi connectivity index (χ2v) is 5.54. The van der Waals surface area contributed by atoms with E-state index in [0.29, 0.717) is 26.3 Å². The van der Waals surface area contributed by atoms with Crippen molar-refractivity contribution in [2.75, 3.05) is 39.4 Å². The number of imidazole rings is 1. The quantitative estimate of drug-likeness (QED) is 0.415. The predicted octanol–water partition coefficient (Wildman–Crippen LogP) is -0.185. The zero-order valence-corrected chi connectivity index (χ0v) is 13.2. The Bertz CT molecular complexity index is 653. The predicted molar refractivity (Wildman–Crippen MR) is 81.7 cm³/mol. The van der Waals surface area contributed by atoms with E-state index in [1.165, 1.54) is 22.8 Å². The monoisotopic (exact) mass is 338 g/mol. The Balaban J connectivity index is 1.59. The number of rotatable bonds is 5. The van der Waals surface area contributed by atoms with Gasteiger partial charge in [-0.25, -0.2) is 14.3 Å². The number of nitro groups is 1. The van der Waals surface area contributed by atoms with Gasteiger partial charge in [0.2, 0.25) is 5.82 Å². The number of cyclic esters (lactones) is 1. The molecule has 24 heavy (non-hydrogen) atoms. The number of carbonyl (C=O) groups excluding carboxylic acids is 1. The van der Waals surface area contributed by atoms with E-state index in [2.05, 4.69) is 15.0 Å². The van der Waals surface area contributed by atoms with Crippen molar-refractivity contribution in [1.82, 2.24) is 19.5 Å². The topological polar surface area (TPSA) is 115 Å². The lowest BCUT2D eigenvalue weighted by molar-refractivity contribution is -0.391. The lowest BCUT2D eigenvalue weighted by Gasteiger charge is -2.27. The second kappa shape index (κ2) is 6.93. The van der Waals surface area contributed by atoms with Crippen molar-refractivity contribution in [3.63, 3.8) is 0 Å². The van der Waals surface area contributed by atoms with Crippen LogP contribution in [0.25, 0.3) is 0 Å². The third-order valence-electron chi connectivity index (χ3n) is 3.92. The lowest BCUT2D eigenvalue weighted by atomic mass is 10.3. The summed E-state index contributed by atoms with van der Waals surface area (Å²) in [5, 5.41) is 16.0. The molecule has 2 saturated heterocycles. The Morgan fingerprint density at radius 1 is 1.50 bits per heavy atom. The number of amides is 1. The normalized spacial score (nSPS) is 22.3. The number of aromatic nitrogens is 2. The van der Waals surface area contributed by atoms with Gasteiger partial charge in [-0.2, -0.15) is 10.1 Å². The van der Waals surface area contributed by atoms with Crippen molar-refractivity contribution >= 4 is 18.1 Å². The highest BCUT2D eigenvalue weighted by Crippen LogP contribution is 2.15. The van der Waals surface area contributed by atoms with Crippen LogP contribution in [-0.2, 0) is 16.5 Å². The second-order valence-electron chi connectivity index (χ2n) is 5.54. The Morgan fingerprint density at radius 2 is 2.25 bits per heavy atom. The number of hydrogen-bond acceptors (Lipinski definition) is 8. The Labute approximate surface area is 137 Å². The fraction of sp³-hybridized carbons (Fsp3) is 0.615. The van der Waals surface area contributed by atoms with Crippen LogP contribution in [0.3, 0.4) is 0 Å². The fourth-order valence-electron chi connectivity index (χ4n) is 2.59. The molecule has 0 radical (unpaired) electrons. The summed E-state index contributed by atoms with van der Waals surface area (Å²) < 4.78 is 11.9. The summed E-state index contributed by atoms with van der Waals surface area (Å²) in [7, 11) is 1.51. The molecular weight excluding hydrogens is 320 g/mol. The summed E-state index contributed by atoms with van der Waals surface area (Å²) in [6, 6.07) is 0. The summed E-state index contributed by atoms with van der Waals surface area (Å²) in [6.45, 7) is 3.96. The summed E-state index contributed by atoms with van der Waals surface area (Å²) in [5.74, 6) is 0.136. The van der Waals surface area contributed by atoms with Gasteiger partial charge in [-0.05, 0) is 4.92 Å². The Hall–Kier alpha value is -2.53. The average molecular weight is 338 g/mol. The smallest absolute Gasteiger partial charge is 0.430 e. The molecule has 2 aliphatic rings. The molecule has 3 rings (SSSR count). The molecule has 0 unspecified atom stereocenters. The van der Waals surface area contributed by atoms with Crippen molar-refractivity contribution in [3.8, 4) is 0 Å². The molecule has 1 amide bonds. The van der Waals surface area contributed by atoms with Crippen LogP contribution < -0.4 is 0 Å². The molecule has 130 valence electrons. The van der Waals surface area contributed by atoms with Gasteiger partial charge in [0.1, 0.15) is 18.5 Å². The number of ether oxygens (including phenoxy) is 2. The number of morpholine rings is 1. The molecule has 0 bridgehead atoms. The molecule has 11 heteroatoms. The molecule has 0 saturated carbocycles. The minimum Gasteiger partial charge on any atom is -0.441 e. The van der Waals surface area contributed by atoms with Crippen molar-refractivity contribution in [3.05, 3.63) is 22.1 Å². The number of carbonyl (C=O) groups is 1. The molecule has 3 heterocycles. The van der Waals surface area contributed by atoms with Crippen molar-refractivity contribution in [1.29, 1.82) is 0 Å².